The first kappa shape index (κ1) is 52.9. The Hall–Kier alpha value is -3.11. The summed E-state index contributed by atoms with van der Waals surface area (Å²) in [6.07, 6.45) is 52.0. The lowest BCUT2D eigenvalue weighted by molar-refractivity contribution is -0.161. The summed E-state index contributed by atoms with van der Waals surface area (Å²) in [5.41, 5.74) is 5.34. The smallest absolute Gasteiger partial charge is 0.462 e. The number of nitrogens with two attached hydrogens (primary N) is 1. The molecule has 0 aliphatic carbocycles. The van der Waals surface area contributed by atoms with Crippen LogP contribution in [0.5, 0.6) is 0 Å². The van der Waals surface area contributed by atoms with Gasteiger partial charge in [-0.15, -0.1) is 0 Å². The Morgan fingerprint density at radius 2 is 1.14 bits per heavy atom. The minimum atomic E-state index is -4.41. The van der Waals surface area contributed by atoms with Gasteiger partial charge in [0.05, 0.1) is 25.4 Å². The summed E-state index contributed by atoms with van der Waals surface area (Å²) in [5.74, 6) is -0.967. The first-order valence-corrected chi connectivity index (χ1v) is 23.3. The van der Waals surface area contributed by atoms with E-state index in [0.717, 1.165) is 77.0 Å². The van der Waals surface area contributed by atoms with Crippen molar-refractivity contribution in [3.05, 3.63) is 97.2 Å². The maximum absolute atomic E-state index is 12.6. The Morgan fingerprint density at radius 1 is 0.621 bits per heavy atom. The summed E-state index contributed by atoms with van der Waals surface area (Å²) in [6, 6.07) is 0. The molecule has 1 fully saturated rings. The number of rotatable bonds is 38. The van der Waals surface area contributed by atoms with Crippen LogP contribution in [0, 0.1) is 0 Å². The molecule has 1 saturated heterocycles. The van der Waals surface area contributed by atoms with Gasteiger partial charge >= 0.3 is 19.8 Å². The number of esters is 2. The molecule has 11 heteroatoms. The zero-order valence-electron chi connectivity index (χ0n) is 35.7. The summed E-state index contributed by atoms with van der Waals surface area (Å²) >= 11 is 0. The Labute approximate surface area is 351 Å². The van der Waals surface area contributed by atoms with Crippen molar-refractivity contribution < 1.29 is 42.3 Å². The molecule has 1 heterocycles. The molecule has 3 unspecified atom stereocenters. The van der Waals surface area contributed by atoms with Crippen LogP contribution >= 0.6 is 7.82 Å². The number of hydrogen-bond donors (Lipinski definition) is 2. The van der Waals surface area contributed by atoms with Crippen LogP contribution in [0.25, 0.3) is 0 Å². The van der Waals surface area contributed by atoms with E-state index < -0.39 is 32.5 Å². The van der Waals surface area contributed by atoms with Crippen molar-refractivity contribution in [3.8, 4) is 0 Å². The highest BCUT2D eigenvalue weighted by atomic mass is 31.2. The number of unbranched alkanes of at least 4 members (excludes halogenated alkanes) is 7. The minimum Gasteiger partial charge on any atom is -0.462 e. The van der Waals surface area contributed by atoms with Gasteiger partial charge in [0.25, 0.3) is 0 Å². The van der Waals surface area contributed by atoms with Gasteiger partial charge in [-0.3, -0.25) is 18.6 Å². The number of epoxide rings is 1. The summed E-state index contributed by atoms with van der Waals surface area (Å²) in [6.45, 7) is 3.44. The summed E-state index contributed by atoms with van der Waals surface area (Å²) in [7, 11) is -4.41. The van der Waals surface area contributed by atoms with E-state index in [9.17, 15) is 19.0 Å². The Morgan fingerprint density at radius 3 is 1.71 bits per heavy atom. The molecule has 0 spiro atoms. The van der Waals surface area contributed by atoms with Crippen LogP contribution in [0.3, 0.4) is 0 Å². The van der Waals surface area contributed by atoms with Crippen LogP contribution in [0.4, 0.5) is 0 Å². The highest BCUT2D eigenvalue weighted by molar-refractivity contribution is 7.47. The highest BCUT2D eigenvalue weighted by Gasteiger charge is 2.36. The van der Waals surface area contributed by atoms with Gasteiger partial charge in [-0.1, -0.05) is 137 Å². The molecule has 3 N–H and O–H groups in total. The largest absolute Gasteiger partial charge is 0.472 e. The van der Waals surface area contributed by atoms with E-state index in [1.165, 1.54) is 25.7 Å². The number of carbonyl (C=O) groups excluding carboxylic acids is 2. The fourth-order valence-electron chi connectivity index (χ4n) is 5.53. The molecule has 0 aromatic carbocycles. The molecule has 0 bridgehead atoms. The second-order valence-corrected chi connectivity index (χ2v) is 15.7. The first-order valence-electron chi connectivity index (χ1n) is 21.8. The molecule has 4 atom stereocenters. The summed E-state index contributed by atoms with van der Waals surface area (Å²) in [5, 5.41) is 0. The van der Waals surface area contributed by atoms with E-state index in [1.54, 1.807) is 0 Å². The molecule has 1 rings (SSSR count). The lowest BCUT2D eigenvalue weighted by atomic mass is 10.1. The Balaban J connectivity index is 2.25. The normalized spacial score (nSPS) is 17.7. The number of hydrogen-bond acceptors (Lipinski definition) is 9. The number of allylic oxidation sites excluding steroid dienone is 14. The lowest BCUT2D eigenvalue weighted by Gasteiger charge is -2.19. The number of phosphoric ester groups is 1. The van der Waals surface area contributed by atoms with Crippen LogP contribution < -0.4 is 5.73 Å². The molecule has 0 amide bonds. The third-order valence-corrected chi connectivity index (χ3v) is 9.85. The van der Waals surface area contributed by atoms with Gasteiger partial charge in [-0.05, 0) is 89.9 Å². The number of ether oxygens (including phenoxy) is 3. The first-order chi connectivity index (χ1) is 28.3. The lowest BCUT2D eigenvalue weighted by Crippen LogP contribution is -2.29. The van der Waals surface area contributed by atoms with Gasteiger partial charge in [-0.25, -0.2) is 4.57 Å². The van der Waals surface area contributed by atoms with Crippen molar-refractivity contribution in [2.75, 3.05) is 26.4 Å². The van der Waals surface area contributed by atoms with Crippen LogP contribution in [0.1, 0.15) is 142 Å². The summed E-state index contributed by atoms with van der Waals surface area (Å²) in [4.78, 5) is 34.9. The number of carbonyl (C=O) groups is 2. The van der Waals surface area contributed by atoms with Crippen molar-refractivity contribution in [1.29, 1.82) is 0 Å². The van der Waals surface area contributed by atoms with E-state index in [2.05, 4.69) is 98.9 Å². The third-order valence-electron chi connectivity index (χ3n) is 8.87. The quantitative estimate of drug-likeness (QED) is 0.0203. The predicted octanol–water partition coefficient (Wildman–Crippen LogP) is 11.6. The van der Waals surface area contributed by atoms with Gasteiger partial charge in [0.1, 0.15) is 6.61 Å². The van der Waals surface area contributed by atoms with Crippen molar-refractivity contribution >= 4 is 19.8 Å². The van der Waals surface area contributed by atoms with Crippen LogP contribution in [-0.4, -0.2) is 61.5 Å². The second-order valence-electron chi connectivity index (χ2n) is 14.2. The van der Waals surface area contributed by atoms with Crippen LogP contribution in [-0.2, 0) is 37.4 Å². The fourth-order valence-corrected chi connectivity index (χ4v) is 6.30. The Bertz CT molecular complexity index is 1330. The summed E-state index contributed by atoms with van der Waals surface area (Å²) < 4.78 is 38.4. The van der Waals surface area contributed by atoms with Gasteiger partial charge in [0, 0.05) is 19.4 Å². The van der Waals surface area contributed by atoms with Gasteiger partial charge < -0.3 is 24.8 Å². The van der Waals surface area contributed by atoms with E-state index in [-0.39, 0.29) is 32.6 Å². The topological polar surface area (TPSA) is 147 Å². The van der Waals surface area contributed by atoms with E-state index in [4.69, 9.17) is 29.0 Å². The predicted molar refractivity (Wildman–Crippen MR) is 237 cm³/mol. The molecule has 0 radical (unpaired) electrons. The Kier molecular flexibility index (Phi) is 34.8. The van der Waals surface area contributed by atoms with Crippen molar-refractivity contribution in [3.63, 3.8) is 0 Å². The van der Waals surface area contributed by atoms with Crippen LogP contribution in [0.15, 0.2) is 97.2 Å². The van der Waals surface area contributed by atoms with Crippen molar-refractivity contribution in [2.45, 2.75) is 161 Å². The average Bonchev–Trinajstić information content (AvgIpc) is 3.97. The average molecular weight is 830 g/mol. The van der Waals surface area contributed by atoms with Crippen molar-refractivity contribution in [2.24, 2.45) is 5.73 Å². The SMILES string of the molecule is CC/C=C\CC1OC1C/C=C\C/C=C\C/C=C\C/C=C\CCC(=O)OC[C@H](COP(=O)(O)OCCN)OC(=O)CCCCCC/C=C\C/C=C\C/C=C\CCCCC. The zero-order valence-corrected chi connectivity index (χ0v) is 36.6. The highest BCUT2D eigenvalue weighted by Crippen LogP contribution is 2.43. The molecule has 0 aromatic rings. The van der Waals surface area contributed by atoms with E-state index in [0.29, 0.717) is 25.0 Å². The molecule has 328 valence electrons. The molecule has 1 aliphatic rings. The molecule has 0 saturated carbocycles. The molecular weight excluding hydrogens is 753 g/mol. The zero-order chi connectivity index (χ0) is 42.2. The van der Waals surface area contributed by atoms with Gasteiger partial charge in [0.15, 0.2) is 6.10 Å². The van der Waals surface area contributed by atoms with Crippen molar-refractivity contribution in [1.82, 2.24) is 0 Å². The number of phosphoric acid groups is 1. The monoisotopic (exact) mass is 830 g/mol. The maximum Gasteiger partial charge on any atom is 0.472 e. The molecular formula is C47H76NO9P. The third kappa shape index (κ3) is 34.9. The molecule has 0 aromatic heterocycles. The van der Waals surface area contributed by atoms with E-state index in [1.807, 2.05) is 12.2 Å². The molecule has 10 nitrogen and oxygen atoms in total. The fraction of sp³-hybridized carbons (Fsp3) is 0.617. The van der Waals surface area contributed by atoms with E-state index >= 15 is 0 Å². The maximum atomic E-state index is 12.6. The molecule has 1 aliphatic heterocycles. The molecule has 58 heavy (non-hydrogen) atoms. The standard InChI is InChI=1S/C47H76NO9P/c1-3-5-7-8-9-10-11-12-13-14-15-16-21-24-27-30-34-38-47(50)56-43(42-55-58(51,52)54-40-39-48)41-53-46(49)37-33-29-26-23-20-18-17-19-22-25-28-32-36-45-44(57-45)35-31-6-4-2/h6,9-10,12-13,15-16,18-20,22,26,28-29,31-32,43-45H,3-5,7-8,11,14,17,21,23-25,27,30,33-42,48H2,1-2H3,(H,51,52)/b10-9-,13-12-,16-15-,20-18-,22-19-,29-26-,31-6-,32-28-/t43-,44?,45?/m1/s1. The van der Waals surface area contributed by atoms with Gasteiger partial charge in [-0.2, -0.15) is 0 Å². The van der Waals surface area contributed by atoms with Crippen LogP contribution in [0.2, 0.25) is 0 Å². The van der Waals surface area contributed by atoms with Gasteiger partial charge in [0.2, 0.25) is 0 Å². The second kappa shape index (κ2) is 38.1. The minimum absolute atomic E-state index is 0.0325.